The number of carbonyl (C=O) groups is 1. The molecule has 0 atom stereocenters. The molecule has 0 spiro atoms. The zero-order valence-electron chi connectivity index (χ0n) is 15.2. The van der Waals surface area contributed by atoms with Crippen LogP contribution in [0.15, 0.2) is 78.4 Å². The van der Waals surface area contributed by atoms with E-state index in [2.05, 4.69) is 5.32 Å². The van der Waals surface area contributed by atoms with Crippen molar-refractivity contribution in [3.63, 3.8) is 0 Å². The van der Waals surface area contributed by atoms with Gasteiger partial charge in [0.15, 0.2) is 0 Å². The maximum absolute atomic E-state index is 13.0. The summed E-state index contributed by atoms with van der Waals surface area (Å²) in [5, 5.41) is 12.6. The number of nitriles is 1. The van der Waals surface area contributed by atoms with E-state index in [1.54, 1.807) is 36.4 Å². The smallest absolute Gasteiger partial charge is 0.266 e. The van der Waals surface area contributed by atoms with Gasteiger partial charge in [-0.3, -0.25) is 4.79 Å². The Morgan fingerprint density at radius 3 is 2.52 bits per heavy atom. The zero-order chi connectivity index (χ0) is 20.6. The predicted octanol–water partition coefficient (Wildman–Crippen LogP) is 5.60. The second-order valence-corrected chi connectivity index (χ2v) is 6.55. The van der Waals surface area contributed by atoms with Crippen LogP contribution >= 0.6 is 11.6 Å². The van der Waals surface area contributed by atoms with Crippen LogP contribution in [0.4, 0.5) is 10.1 Å². The molecular formula is C23H16ClFN2O2. The van der Waals surface area contributed by atoms with Gasteiger partial charge in [-0.1, -0.05) is 35.9 Å². The highest BCUT2D eigenvalue weighted by molar-refractivity contribution is 6.30. The fraction of sp³-hybridized carbons (Fsp3) is 0.0435. The molecule has 0 aliphatic heterocycles. The molecule has 0 saturated heterocycles. The average molecular weight is 407 g/mol. The third kappa shape index (κ3) is 5.93. The number of nitrogens with one attached hydrogen (secondary N) is 1. The zero-order valence-corrected chi connectivity index (χ0v) is 16.0. The van der Waals surface area contributed by atoms with Gasteiger partial charge in [0.2, 0.25) is 0 Å². The first-order chi connectivity index (χ1) is 14.0. The first-order valence-corrected chi connectivity index (χ1v) is 9.07. The number of ether oxygens (including phenoxy) is 1. The second-order valence-electron chi connectivity index (χ2n) is 6.12. The summed E-state index contributed by atoms with van der Waals surface area (Å²) in [4.78, 5) is 12.3. The van der Waals surface area contributed by atoms with Gasteiger partial charge in [0.05, 0.1) is 0 Å². The van der Waals surface area contributed by atoms with Gasteiger partial charge in [0, 0.05) is 10.7 Å². The average Bonchev–Trinajstić information content (AvgIpc) is 2.73. The summed E-state index contributed by atoms with van der Waals surface area (Å²) in [6, 6.07) is 21.6. The minimum Gasteiger partial charge on any atom is -0.489 e. The minimum absolute atomic E-state index is 0.0795. The number of carbonyl (C=O) groups excluding carboxylic acids is 1. The lowest BCUT2D eigenvalue weighted by atomic mass is 10.1. The van der Waals surface area contributed by atoms with E-state index in [1.807, 2.05) is 18.2 Å². The molecule has 1 N–H and O–H groups in total. The van der Waals surface area contributed by atoms with Gasteiger partial charge in [-0.2, -0.15) is 5.26 Å². The lowest BCUT2D eigenvalue weighted by molar-refractivity contribution is -0.112. The van der Waals surface area contributed by atoms with Crippen LogP contribution in [0.1, 0.15) is 11.1 Å². The van der Waals surface area contributed by atoms with Crippen LogP contribution in [-0.4, -0.2) is 5.91 Å². The van der Waals surface area contributed by atoms with E-state index in [0.29, 0.717) is 28.6 Å². The summed E-state index contributed by atoms with van der Waals surface area (Å²) in [5.41, 5.74) is 1.93. The Morgan fingerprint density at radius 1 is 1.10 bits per heavy atom. The topological polar surface area (TPSA) is 62.1 Å². The van der Waals surface area contributed by atoms with Gasteiger partial charge < -0.3 is 10.1 Å². The van der Waals surface area contributed by atoms with E-state index in [9.17, 15) is 14.4 Å². The predicted molar refractivity (Wildman–Crippen MR) is 111 cm³/mol. The Bertz CT molecular complexity index is 1070. The van der Waals surface area contributed by atoms with Crippen molar-refractivity contribution in [2.45, 2.75) is 6.61 Å². The van der Waals surface area contributed by atoms with Crippen LogP contribution in [0.3, 0.4) is 0 Å². The molecule has 0 aliphatic carbocycles. The molecule has 3 rings (SSSR count). The highest BCUT2D eigenvalue weighted by atomic mass is 35.5. The van der Waals surface area contributed by atoms with Crippen LogP contribution < -0.4 is 10.1 Å². The van der Waals surface area contributed by atoms with Crippen molar-refractivity contribution in [2.24, 2.45) is 0 Å². The van der Waals surface area contributed by atoms with Crippen molar-refractivity contribution in [1.82, 2.24) is 0 Å². The van der Waals surface area contributed by atoms with Crippen LogP contribution in [0, 0.1) is 17.1 Å². The number of hydrogen-bond acceptors (Lipinski definition) is 3. The Kier molecular flexibility index (Phi) is 6.62. The van der Waals surface area contributed by atoms with Crippen LogP contribution in [0.5, 0.6) is 5.75 Å². The fourth-order valence-corrected chi connectivity index (χ4v) is 2.61. The molecule has 0 aromatic heterocycles. The number of anilines is 1. The molecule has 0 heterocycles. The summed E-state index contributed by atoms with van der Waals surface area (Å²) < 4.78 is 18.7. The van der Waals surface area contributed by atoms with E-state index < -0.39 is 11.7 Å². The summed E-state index contributed by atoms with van der Waals surface area (Å²) in [7, 11) is 0. The summed E-state index contributed by atoms with van der Waals surface area (Å²) in [6.07, 6.45) is 1.47. The van der Waals surface area contributed by atoms with Crippen molar-refractivity contribution >= 4 is 29.3 Å². The lowest BCUT2D eigenvalue weighted by Crippen LogP contribution is -2.13. The van der Waals surface area contributed by atoms with E-state index in [1.165, 1.54) is 30.3 Å². The van der Waals surface area contributed by atoms with Gasteiger partial charge in [-0.05, 0) is 65.7 Å². The van der Waals surface area contributed by atoms with Gasteiger partial charge in [-0.25, -0.2) is 4.39 Å². The summed E-state index contributed by atoms with van der Waals surface area (Å²) >= 11 is 5.87. The molecule has 0 saturated carbocycles. The number of hydrogen-bond donors (Lipinski definition) is 1. The molecular weight excluding hydrogens is 391 g/mol. The van der Waals surface area contributed by atoms with Gasteiger partial charge >= 0.3 is 0 Å². The molecule has 0 fully saturated rings. The SMILES string of the molecule is N#CC(=Cc1cccc(OCc2ccc(Cl)cc2)c1)C(=O)Nc1ccc(F)cc1. The van der Waals surface area contributed by atoms with Crippen molar-refractivity contribution in [1.29, 1.82) is 5.26 Å². The fourth-order valence-electron chi connectivity index (χ4n) is 2.49. The highest BCUT2D eigenvalue weighted by Gasteiger charge is 2.10. The Labute approximate surface area is 172 Å². The van der Waals surface area contributed by atoms with Crippen LogP contribution in [-0.2, 0) is 11.4 Å². The van der Waals surface area contributed by atoms with Crippen molar-refractivity contribution < 1.29 is 13.9 Å². The lowest BCUT2D eigenvalue weighted by Gasteiger charge is -2.08. The first-order valence-electron chi connectivity index (χ1n) is 8.69. The van der Waals surface area contributed by atoms with Crippen molar-refractivity contribution in [2.75, 3.05) is 5.32 Å². The number of nitrogens with zero attached hydrogens (tertiary/aromatic N) is 1. The molecule has 6 heteroatoms. The van der Waals surface area contributed by atoms with E-state index in [0.717, 1.165) is 5.56 Å². The van der Waals surface area contributed by atoms with E-state index in [-0.39, 0.29) is 5.57 Å². The largest absolute Gasteiger partial charge is 0.489 e. The molecule has 0 bridgehead atoms. The molecule has 29 heavy (non-hydrogen) atoms. The van der Waals surface area contributed by atoms with Gasteiger partial charge in [0.1, 0.15) is 29.8 Å². The standard InChI is InChI=1S/C23H16ClFN2O2/c24-19-6-4-16(5-7-19)15-29-22-3-1-2-17(13-22)12-18(14-26)23(28)27-21-10-8-20(25)9-11-21/h1-13H,15H2,(H,27,28). The normalized spacial score (nSPS) is 10.9. The van der Waals surface area contributed by atoms with Crippen molar-refractivity contribution in [3.05, 3.63) is 100 Å². The molecule has 0 unspecified atom stereocenters. The molecule has 0 aliphatic rings. The van der Waals surface area contributed by atoms with Gasteiger partial charge in [0.25, 0.3) is 5.91 Å². The van der Waals surface area contributed by atoms with Gasteiger partial charge in [-0.15, -0.1) is 0 Å². The molecule has 0 radical (unpaired) electrons. The maximum atomic E-state index is 13.0. The van der Waals surface area contributed by atoms with E-state index in [4.69, 9.17) is 16.3 Å². The number of benzene rings is 3. The number of rotatable bonds is 6. The van der Waals surface area contributed by atoms with E-state index >= 15 is 0 Å². The van der Waals surface area contributed by atoms with Crippen molar-refractivity contribution in [3.8, 4) is 11.8 Å². The minimum atomic E-state index is -0.577. The van der Waals surface area contributed by atoms with Crippen LogP contribution in [0.25, 0.3) is 6.08 Å². The molecule has 144 valence electrons. The number of halogens is 2. The second kappa shape index (κ2) is 9.54. The quantitative estimate of drug-likeness (QED) is 0.428. The molecule has 3 aromatic rings. The summed E-state index contributed by atoms with van der Waals surface area (Å²) in [6.45, 7) is 0.362. The Morgan fingerprint density at radius 2 is 1.83 bits per heavy atom. The molecule has 4 nitrogen and oxygen atoms in total. The third-order valence-corrected chi connectivity index (χ3v) is 4.21. The third-order valence-electron chi connectivity index (χ3n) is 3.96. The Balaban J connectivity index is 1.69. The molecule has 1 amide bonds. The highest BCUT2D eigenvalue weighted by Crippen LogP contribution is 2.19. The first kappa shape index (κ1) is 20.1. The summed E-state index contributed by atoms with van der Waals surface area (Å²) in [5.74, 6) is -0.383. The molecule has 3 aromatic carbocycles. The van der Waals surface area contributed by atoms with Crippen LogP contribution in [0.2, 0.25) is 5.02 Å². The monoisotopic (exact) mass is 406 g/mol. The Hall–Kier alpha value is -3.62. The number of amides is 1. The maximum Gasteiger partial charge on any atom is 0.266 e.